The first kappa shape index (κ1) is 13.4. The first-order valence-corrected chi connectivity index (χ1v) is 7.79. The Morgan fingerprint density at radius 2 is 2.00 bits per heavy atom. The Bertz CT molecular complexity index is 399. The SMILES string of the molecule is N#CC(c1cc(Br)c(Cl)s1)N1CCCCCC1. The fraction of sp³-hybridized carbons (Fsp3) is 0.583. The lowest BCUT2D eigenvalue weighted by atomic mass is 10.2. The van der Waals surface area contributed by atoms with Crippen LogP contribution >= 0.6 is 38.9 Å². The second kappa shape index (κ2) is 6.19. The van der Waals surface area contributed by atoms with Crippen molar-refractivity contribution < 1.29 is 0 Å². The molecule has 1 atom stereocenters. The predicted molar refractivity (Wildman–Crippen MR) is 75.4 cm³/mol. The molecule has 0 spiro atoms. The van der Waals surface area contributed by atoms with Gasteiger partial charge in [-0.25, -0.2) is 0 Å². The van der Waals surface area contributed by atoms with Crippen LogP contribution in [0.4, 0.5) is 0 Å². The van der Waals surface area contributed by atoms with E-state index >= 15 is 0 Å². The quantitative estimate of drug-likeness (QED) is 0.790. The molecular formula is C12H14BrClN2S. The predicted octanol–water partition coefficient (Wildman–Crippen LogP) is 4.60. The van der Waals surface area contributed by atoms with E-state index in [2.05, 4.69) is 26.9 Å². The molecule has 0 amide bonds. The molecule has 0 bridgehead atoms. The topological polar surface area (TPSA) is 27.0 Å². The molecule has 0 aromatic carbocycles. The summed E-state index contributed by atoms with van der Waals surface area (Å²) < 4.78 is 1.63. The summed E-state index contributed by atoms with van der Waals surface area (Å²) in [6.45, 7) is 2.04. The van der Waals surface area contributed by atoms with E-state index < -0.39 is 0 Å². The van der Waals surface area contributed by atoms with E-state index in [1.54, 1.807) is 0 Å². The average molecular weight is 334 g/mol. The van der Waals surface area contributed by atoms with E-state index in [1.807, 2.05) is 6.07 Å². The van der Waals surface area contributed by atoms with Crippen molar-refractivity contribution in [3.05, 3.63) is 19.8 Å². The highest BCUT2D eigenvalue weighted by atomic mass is 79.9. The molecule has 1 saturated heterocycles. The van der Waals surface area contributed by atoms with Gasteiger partial charge in [0.1, 0.15) is 10.4 Å². The van der Waals surface area contributed by atoms with Crippen molar-refractivity contribution in [2.75, 3.05) is 13.1 Å². The Kier molecular flexibility index (Phi) is 4.87. The smallest absolute Gasteiger partial charge is 0.133 e. The molecule has 0 radical (unpaired) electrons. The van der Waals surface area contributed by atoms with Gasteiger partial charge in [-0.05, 0) is 47.9 Å². The monoisotopic (exact) mass is 332 g/mol. The molecule has 1 fully saturated rings. The van der Waals surface area contributed by atoms with Gasteiger partial charge in [0.2, 0.25) is 0 Å². The molecule has 2 nitrogen and oxygen atoms in total. The number of hydrogen-bond acceptors (Lipinski definition) is 3. The second-order valence-corrected chi connectivity index (χ2v) is 6.79. The maximum Gasteiger partial charge on any atom is 0.133 e. The minimum absolute atomic E-state index is 0.137. The lowest BCUT2D eigenvalue weighted by Crippen LogP contribution is -2.28. The second-order valence-electron chi connectivity index (χ2n) is 4.25. The number of halogens is 2. The third-order valence-corrected chi connectivity index (χ3v) is 5.59. The first-order chi connectivity index (χ1) is 8.22. The fourth-order valence-electron chi connectivity index (χ4n) is 2.18. The Morgan fingerprint density at radius 3 is 2.47 bits per heavy atom. The highest BCUT2D eigenvalue weighted by molar-refractivity contribution is 9.10. The molecule has 1 aliphatic heterocycles. The van der Waals surface area contributed by atoms with Gasteiger partial charge in [0.25, 0.3) is 0 Å². The molecule has 2 rings (SSSR count). The Hall–Kier alpha value is -0.0800. The summed E-state index contributed by atoms with van der Waals surface area (Å²) in [6, 6.07) is 4.25. The summed E-state index contributed by atoms with van der Waals surface area (Å²) >= 11 is 11.0. The van der Waals surface area contributed by atoms with Gasteiger partial charge in [-0.2, -0.15) is 5.26 Å². The Labute approximate surface area is 119 Å². The minimum atomic E-state index is -0.137. The van der Waals surface area contributed by atoms with Crippen molar-refractivity contribution in [2.45, 2.75) is 31.7 Å². The Morgan fingerprint density at radius 1 is 1.35 bits per heavy atom. The maximum atomic E-state index is 9.38. The largest absolute Gasteiger partial charge is 0.284 e. The maximum absolute atomic E-state index is 9.38. The average Bonchev–Trinajstić information content (AvgIpc) is 2.56. The zero-order chi connectivity index (χ0) is 12.3. The summed E-state index contributed by atoms with van der Waals surface area (Å²) in [7, 11) is 0. The standard InChI is InChI=1S/C12H14BrClN2S/c13-9-7-11(17-12(9)14)10(8-15)16-5-3-1-2-4-6-16/h7,10H,1-6H2. The first-order valence-electron chi connectivity index (χ1n) is 5.81. The molecule has 1 aliphatic rings. The molecule has 1 aromatic heterocycles. The van der Waals surface area contributed by atoms with Gasteiger partial charge in [-0.1, -0.05) is 24.4 Å². The normalized spacial score (nSPS) is 19.6. The third-order valence-electron chi connectivity index (χ3n) is 3.06. The van der Waals surface area contributed by atoms with E-state index in [1.165, 1.54) is 37.0 Å². The zero-order valence-corrected chi connectivity index (χ0v) is 12.6. The molecule has 0 N–H and O–H groups in total. The van der Waals surface area contributed by atoms with E-state index in [4.69, 9.17) is 11.6 Å². The van der Waals surface area contributed by atoms with E-state index in [0.29, 0.717) is 0 Å². The molecule has 0 aliphatic carbocycles. The van der Waals surface area contributed by atoms with Crippen LogP contribution in [0.15, 0.2) is 10.5 Å². The van der Waals surface area contributed by atoms with Crippen LogP contribution in [-0.4, -0.2) is 18.0 Å². The lowest BCUT2D eigenvalue weighted by Gasteiger charge is -2.24. The zero-order valence-electron chi connectivity index (χ0n) is 9.46. The number of thiophene rings is 1. The lowest BCUT2D eigenvalue weighted by molar-refractivity contribution is 0.248. The highest BCUT2D eigenvalue weighted by Gasteiger charge is 2.23. The number of nitriles is 1. The molecule has 17 heavy (non-hydrogen) atoms. The molecule has 5 heteroatoms. The number of nitrogens with zero attached hydrogens (tertiary/aromatic N) is 2. The van der Waals surface area contributed by atoms with Gasteiger partial charge in [0, 0.05) is 9.35 Å². The van der Waals surface area contributed by atoms with Gasteiger partial charge in [0.15, 0.2) is 0 Å². The van der Waals surface area contributed by atoms with Crippen LogP contribution in [0.1, 0.15) is 36.6 Å². The van der Waals surface area contributed by atoms with E-state index in [0.717, 1.165) is 26.8 Å². The summed E-state index contributed by atoms with van der Waals surface area (Å²) in [6.07, 6.45) is 4.95. The van der Waals surface area contributed by atoms with Crippen molar-refractivity contribution in [2.24, 2.45) is 0 Å². The van der Waals surface area contributed by atoms with Crippen molar-refractivity contribution in [3.63, 3.8) is 0 Å². The number of rotatable bonds is 2. The number of hydrogen-bond donors (Lipinski definition) is 0. The van der Waals surface area contributed by atoms with Gasteiger partial charge in [0.05, 0.1) is 6.07 Å². The van der Waals surface area contributed by atoms with Gasteiger partial charge < -0.3 is 0 Å². The van der Waals surface area contributed by atoms with Crippen LogP contribution in [0.5, 0.6) is 0 Å². The van der Waals surface area contributed by atoms with Gasteiger partial charge in [-0.3, -0.25) is 4.90 Å². The van der Waals surface area contributed by atoms with Crippen molar-refractivity contribution in [3.8, 4) is 6.07 Å². The molecular weight excluding hydrogens is 320 g/mol. The van der Waals surface area contributed by atoms with Crippen molar-refractivity contribution >= 4 is 38.9 Å². The fourth-order valence-corrected chi connectivity index (χ4v) is 3.99. The molecule has 92 valence electrons. The summed E-state index contributed by atoms with van der Waals surface area (Å²) in [5.74, 6) is 0. The van der Waals surface area contributed by atoms with Gasteiger partial charge in [-0.15, -0.1) is 11.3 Å². The van der Waals surface area contributed by atoms with Crippen molar-refractivity contribution in [1.82, 2.24) is 4.90 Å². The third kappa shape index (κ3) is 3.23. The van der Waals surface area contributed by atoms with Crippen LogP contribution in [0, 0.1) is 11.3 Å². The van der Waals surface area contributed by atoms with Crippen LogP contribution in [0.3, 0.4) is 0 Å². The van der Waals surface area contributed by atoms with Crippen LogP contribution in [0.25, 0.3) is 0 Å². The number of likely N-dealkylation sites (tertiary alicyclic amines) is 1. The summed E-state index contributed by atoms with van der Waals surface area (Å²) in [5.41, 5.74) is 0. The van der Waals surface area contributed by atoms with Crippen LogP contribution in [0.2, 0.25) is 4.34 Å². The van der Waals surface area contributed by atoms with E-state index in [9.17, 15) is 5.26 Å². The molecule has 1 aromatic rings. The van der Waals surface area contributed by atoms with Crippen LogP contribution in [-0.2, 0) is 0 Å². The van der Waals surface area contributed by atoms with Crippen LogP contribution < -0.4 is 0 Å². The summed E-state index contributed by atoms with van der Waals surface area (Å²) in [4.78, 5) is 3.33. The molecule has 2 heterocycles. The van der Waals surface area contributed by atoms with Crippen molar-refractivity contribution in [1.29, 1.82) is 5.26 Å². The van der Waals surface area contributed by atoms with E-state index in [-0.39, 0.29) is 6.04 Å². The molecule has 0 saturated carbocycles. The molecule has 1 unspecified atom stereocenters. The highest BCUT2D eigenvalue weighted by Crippen LogP contribution is 2.37. The summed E-state index contributed by atoms with van der Waals surface area (Å²) in [5, 5.41) is 9.38. The minimum Gasteiger partial charge on any atom is -0.284 e. The Balaban J connectivity index is 2.17. The van der Waals surface area contributed by atoms with Gasteiger partial charge >= 0.3 is 0 Å².